The maximum Gasteiger partial charge on any atom is 0.339 e. The highest BCUT2D eigenvalue weighted by molar-refractivity contribution is 5.88. The van der Waals surface area contributed by atoms with Gasteiger partial charge in [0.1, 0.15) is 17.1 Å². The quantitative estimate of drug-likeness (QED) is 0.912. The lowest BCUT2D eigenvalue weighted by molar-refractivity contribution is -0.129. The topological polar surface area (TPSA) is 70.8 Å². The van der Waals surface area contributed by atoms with E-state index in [0.717, 1.165) is 16.7 Å². The summed E-state index contributed by atoms with van der Waals surface area (Å²) in [6, 6.07) is 5.62. The van der Waals surface area contributed by atoms with Crippen molar-refractivity contribution in [3.05, 3.63) is 57.5 Å². The van der Waals surface area contributed by atoms with Crippen molar-refractivity contribution in [2.24, 2.45) is 0 Å². The molecule has 1 heterocycles. The Labute approximate surface area is 141 Å². The molecule has 5 nitrogen and oxygen atoms in total. The van der Waals surface area contributed by atoms with Crippen LogP contribution < -0.4 is 0 Å². The number of furan rings is 1. The van der Waals surface area contributed by atoms with Gasteiger partial charge < -0.3 is 14.4 Å². The number of carboxylic acid groups (broad SMARTS) is 1. The van der Waals surface area contributed by atoms with E-state index in [4.69, 9.17) is 9.52 Å². The van der Waals surface area contributed by atoms with Gasteiger partial charge in [-0.3, -0.25) is 4.79 Å². The van der Waals surface area contributed by atoms with Gasteiger partial charge >= 0.3 is 5.97 Å². The molecule has 24 heavy (non-hydrogen) atoms. The van der Waals surface area contributed by atoms with E-state index in [0.29, 0.717) is 17.9 Å². The molecule has 128 valence electrons. The van der Waals surface area contributed by atoms with E-state index < -0.39 is 5.97 Å². The van der Waals surface area contributed by atoms with Crippen molar-refractivity contribution in [2.75, 3.05) is 7.05 Å². The smallest absolute Gasteiger partial charge is 0.339 e. The third kappa shape index (κ3) is 3.85. The molecule has 0 atom stereocenters. The summed E-state index contributed by atoms with van der Waals surface area (Å²) >= 11 is 0. The number of carbonyl (C=O) groups is 2. The van der Waals surface area contributed by atoms with Gasteiger partial charge in [-0.1, -0.05) is 17.7 Å². The molecule has 1 aromatic heterocycles. The molecule has 1 aromatic carbocycles. The van der Waals surface area contributed by atoms with Crippen LogP contribution >= 0.6 is 0 Å². The summed E-state index contributed by atoms with van der Waals surface area (Å²) in [5, 5.41) is 9.06. The average molecular weight is 329 g/mol. The number of rotatable bonds is 5. The van der Waals surface area contributed by atoms with Gasteiger partial charge in [0.2, 0.25) is 5.91 Å². The van der Waals surface area contributed by atoms with Crippen LogP contribution in [-0.2, 0) is 17.8 Å². The molecule has 1 amide bonds. The van der Waals surface area contributed by atoms with Gasteiger partial charge in [-0.05, 0) is 50.5 Å². The molecule has 0 aliphatic carbocycles. The number of benzene rings is 1. The van der Waals surface area contributed by atoms with E-state index in [1.165, 1.54) is 11.6 Å². The van der Waals surface area contributed by atoms with Crippen LogP contribution in [-0.4, -0.2) is 28.9 Å². The fraction of sp³-hybridized carbons (Fsp3) is 0.368. The maximum absolute atomic E-state index is 12.5. The Morgan fingerprint density at radius 1 is 1.08 bits per heavy atom. The van der Waals surface area contributed by atoms with Crippen LogP contribution in [0.25, 0.3) is 0 Å². The van der Waals surface area contributed by atoms with Crippen LogP contribution in [0.2, 0.25) is 0 Å². The van der Waals surface area contributed by atoms with Crippen LogP contribution in [0.4, 0.5) is 0 Å². The minimum absolute atomic E-state index is 0.0315. The second-order valence-corrected chi connectivity index (χ2v) is 6.29. The van der Waals surface area contributed by atoms with Crippen molar-refractivity contribution >= 4 is 11.9 Å². The summed E-state index contributed by atoms with van der Waals surface area (Å²) in [5.41, 5.74) is 4.57. The molecule has 0 unspecified atom stereocenters. The number of hydrogen-bond acceptors (Lipinski definition) is 3. The third-order valence-corrected chi connectivity index (χ3v) is 4.19. The van der Waals surface area contributed by atoms with E-state index >= 15 is 0 Å². The Balaban J connectivity index is 2.10. The van der Waals surface area contributed by atoms with E-state index in [1.54, 1.807) is 18.9 Å². The fourth-order valence-electron chi connectivity index (χ4n) is 2.93. The summed E-state index contributed by atoms with van der Waals surface area (Å²) in [6.07, 6.45) is 0.319. The van der Waals surface area contributed by atoms with Crippen molar-refractivity contribution < 1.29 is 19.1 Å². The van der Waals surface area contributed by atoms with Gasteiger partial charge in [0.15, 0.2) is 0 Å². The Morgan fingerprint density at radius 2 is 1.67 bits per heavy atom. The van der Waals surface area contributed by atoms with Crippen LogP contribution in [0, 0.1) is 27.7 Å². The highest BCUT2D eigenvalue weighted by Crippen LogP contribution is 2.19. The van der Waals surface area contributed by atoms with E-state index in [1.807, 2.05) is 20.8 Å². The standard InChI is InChI=1S/C19H23NO4/c1-11-6-12(2)16(13(3)7-11)9-18(21)20(5)10-15-8-17(19(22)23)14(4)24-15/h6-8H,9-10H2,1-5H3,(H,22,23). The molecule has 2 aromatic rings. The predicted molar refractivity (Wildman–Crippen MR) is 91.2 cm³/mol. The number of likely N-dealkylation sites (N-methyl/N-ethyl adjacent to an activating group) is 1. The second-order valence-electron chi connectivity index (χ2n) is 6.29. The van der Waals surface area contributed by atoms with E-state index in [-0.39, 0.29) is 18.0 Å². The number of hydrogen-bond donors (Lipinski definition) is 1. The molecule has 2 rings (SSSR count). The summed E-state index contributed by atoms with van der Waals surface area (Å²) in [5.74, 6) is -0.236. The zero-order valence-electron chi connectivity index (χ0n) is 14.8. The van der Waals surface area contributed by atoms with Gasteiger partial charge in [0.05, 0.1) is 13.0 Å². The van der Waals surface area contributed by atoms with Gasteiger partial charge in [0.25, 0.3) is 0 Å². The molecule has 5 heteroatoms. The zero-order valence-corrected chi connectivity index (χ0v) is 14.8. The highest BCUT2D eigenvalue weighted by Gasteiger charge is 2.18. The van der Waals surface area contributed by atoms with Crippen LogP contribution in [0.5, 0.6) is 0 Å². The van der Waals surface area contributed by atoms with Crippen LogP contribution in [0.3, 0.4) is 0 Å². The summed E-state index contributed by atoms with van der Waals surface area (Å²) < 4.78 is 5.44. The molecule has 1 N–H and O–H groups in total. The normalized spacial score (nSPS) is 10.7. The lowest BCUT2D eigenvalue weighted by Crippen LogP contribution is -2.28. The molecular formula is C19H23NO4. The van der Waals surface area contributed by atoms with Gasteiger partial charge in [-0.25, -0.2) is 4.79 Å². The monoisotopic (exact) mass is 329 g/mol. The highest BCUT2D eigenvalue weighted by atomic mass is 16.4. The summed E-state index contributed by atoms with van der Waals surface area (Å²) in [7, 11) is 1.69. The molecule has 0 bridgehead atoms. The van der Waals surface area contributed by atoms with Crippen LogP contribution in [0.15, 0.2) is 22.6 Å². The molecule has 0 fully saturated rings. The van der Waals surface area contributed by atoms with Gasteiger partial charge in [-0.2, -0.15) is 0 Å². The molecular weight excluding hydrogens is 306 g/mol. The first kappa shape index (κ1) is 17.8. The Hall–Kier alpha value is -2.56. The lowest BCUT2D eigenvalue weighted by atomic mass is 9.97. The first-order valence-electron chi connectivity index (χ1n) is 7.82. The van der Waals surface area contributed by atoms with E-state index in [9.17, 15) is 9.59 Å². The van der Waals surface area contributed by atoms with Gasteiger partial charge in [-0.15, -0.1) is 0 Å². The first-order valence-corrected chi connectivity index (χ1v) is 7.82. The minimum atomic E-state index is -1.03. The van der Waals surface area contributed by atoms with Crippen molar-refractivity contribution in [3.63, 3.8) is 0 Å². The van der Waals surface area contributed by atoms with Crippen molar-refractivity contribution in [2.45, 2.75) is 40.7 Å². The fourth-order valence-corrected chi connectivity index (χ4v) is 2.93. The SMILES string of the molecule is Cc1cc(C)c(CC(=O)N(C)Cc2cc(C(=O)O)c(C)o2)c(C)c1. The van der Waals surface area contributed by atoms with E-state index in [2.05, 4.69) is 12.1 Å². The van der Waals surface area contributed by atoms with Crippen molar-refractivity contribution in [1.29, 1.82) is 0 Å². The Kier molecular flexibility index (Phi) is 5.12. The average Bonchev–Trinajstić information content (AvgIpc) is 2.83. The summed E-state index contributed by atoms with van der Waals surface area (Å²) in [4.78, 5) is 25.1. The predicted octanol–water partition coefficient (Wildman–Crippen LogP) is 3.41. The number of carboxylic acids is 1. The number of aryl methyl sites for hydroxylation is 4. The lowest BCUT2D eigenvalue weighted by Gasteiger charge is -2.18. The van der Waals surface area contributed by atoms with Crippen molar-refractivity contribution in [1.82, 2.24) is 4.90 Å². The second kappa shape index (κ2) is 6.91. The van der Waals surface area contributed by atoms with Gasteiger partial charge in [0, 0.05) is 7.05 Å². The number of amides is 1. The largest absolute Gasteiger partial charge is 0.478 e. The number of nitrogens with zero attached hydrogens (tertiary/aromatic N) is 1. The molecule has 0 saturated heterocycles. The molecule has 0 aliphatic rings. The summed E-state index contributed by atoms with van der Waals surface area (Å²) in [6.45, 7) is 7.91. The molecule has 0 radical (unpaired) electrons. The number of aromatic carboxylic acids is 1. The third-order valence-electron chi connectivity index (χ3n) is 4.19. The van der Waals surface area contributed by atoms with Crippen LogP contribution in [0.1, 0.15) is 44.1 Å². The number of carbonyl (C=O) groups excluding carboxylic acids is 1. The molecule has 0 spiro atoms. The molecule has 0 aliphatic heterocycles. The molecule has 0 saturated carbocycles. The Bertz CT molecular complexity index is 766. The zero-order chi connectivity index (χ0) is 18.0. The van der Waals surface area contributed by atoms with Crippen molar-refractivity contribution in [3.8, 4) is 0 Å². The maximum atomic E-state index is 12.5. The minimum Gasteiger partial charge on any atom is -0.478 e. The Morgan fingerprint density at radius 3 is 2.17 bits per heavy atom. The first-order chi connectivity index (χ1) is 11.2.